The van der Waals surface area contributed by atoms with Gasteiger partial charge in [-0.05, 0) is 25.1 Å². The maximum Gasteiger partial charge on any atom is 0.340 e. The van der Waals surface area contributed by atoms with Crippen LogP contribution in [0.25, 0.3) is 5.69 Å². The monoisotopic (exact) mass is 251 g/mol. The van der Waals surface area contributed by atoms with E-state index in [1.807, 2.05) is 0 Å². The molecule has 0 spiro atoms. The van der Waals surface area contributed by atoms with Crippen molar-refractivity contribution in [3.8, 4) is 5.69 Å². The van der Waals surface area contributed by atoms with Crippen molar-refractivity contribution >= 4 is 17.6 Å². The number of rotatable bonds is 3. The molecule has 2 rings (SSSR count). The molecule has 0 N–H and O–H groups in total. The number of aromatic nitrogens is 3. The summed E-state index contributed by atoms with van der Waals surface area (Å²) in [5, 5.41) is 7.91. The number of carbonyl (C=O) groups excluding carboxylic acids is 1. The number of hydrogen-bond donors (Lipinski definition) is 0. The average molecular weight is 252 g/mol. The molecule has 0 amide bonds. The molecule has 1 aromatic heterocycles. The summed E-state index contributed by atoms with van der Waals surface area (Å²) in [6.45, 7) is 2.08. The van der Waals surface area contributed by atoms with Crippen LogP contribution in [-0.2, 0) is 4.74 Å². The molecule has 5 nitrogen and oxygen atoms in total. The highest BCUT2D eigenvalue weighted by atomic mass is 35.5. The van der Waals surface area contributed by atoms with Gasteiger partial charge in [0.25, 0.3) is 0 Å². The zero-order valence-electron chi connectivity index (χ0n) is 9.13. The lowest BCUT2D eigenvalue weighted by Crippen LogP contribution is -2.09. The van der Waals surface area contributed by atoms with Crippen molar-refractivity contribution in [2.45, 2.75) is 6.92 Å². The lowest BCUT2D eigenvalue weighted by atomic mass is 10.2. The van der Waals surface area contributed by atoms with Crippen LogP contribution in [0.15, 0.2) is 30.9 Å². The first-order chi connectivity index (χ1) is 8.22. The van der Waals surface area contributed by atoms with Gasteiger partial charge in [0.1, 0.15) is 12.7 Å². The van der Waals surface area contributed by atoms with Crippen LogP contribution in [0.3, 0.4) is 0 Å². The fraction of sp³-hybridized carbons (Fsp3) is 0.182. The third-order valence-electron chi connectivity index (χ3n) is 2.15. The molecule has 6 heteroatoms. The average Bonchev–Trinajstić information content (AvgIpc) is 2.82. The lowest BCUT2D eigenvalue weighted by Gasteiger charge is -2.09. The Balaban J connectivity index is 2.49. The number of ether oxygens (including phenoxy) is 1. The van der Waals surface area contributed by atoms with Crippen LogP contribution in [0.4, 0.5) is 0 Å². The van der Waals surface area contributed by atoms with Crippen molar-refractivity contribution in [1.82, 2.24) is 14.8 Å². The Kier molecular flexibility index (Phi) is 3.39. The minimum Gasteiger partial charge on any atom is -0.462 e. The molecule has 0 unspecified atom stereocenters. The second kappa shape index (κ2) is 4.97. The number of hydrogen-bond acceptors (Lipinski definition) is 4. The summed E-state index contributed by atoms with van der Waals surface area (Å²) >= 11 is 5.91. The van der Waals surface area contributed by atoms with E-state index in [0.717, 1.165) is 0 Å². The summed E-state index contributed by atoms with van der Waals surface area (Å²) in [6.07, 6.45) is 2.99. The summed E-state index contributed by atoms with van der Waals surface area (Å²) in [5.74, 6) is -0.395. The van der Waals surface area contributed by atoms with E-state index in [-0.39, 0.29) is 0 Å². The van der Waals surface area contributed by atoms with Gasteiger partial charge in [-0.25, -0.2) is 4.79 Å². The highest BCUT2D eigenvalue weighted by molar-refractivity contribution is 6.30. The van der Waals surface area contributed by atoms with Gasteiger partial charge >= 0.3 is 5.97 Å². The Morgan fingerprint density at radius 3 is 2.76 bits per heavy atom. The van der Waals surface area contributed by atoms with Crippen LogP contribution in [0.5, 0.6) is 0 Å². The van der Waals surface area contributed by atoms with E-state index in [1.165, 1.54) is 12.7 Å². The van der Waals surface area contributed by atoms with Crippen molar-refractivity contribution < 1.29 is 9.53 Å². The molecule has 0 radical (unpaired) electrons. The van der Waals surface area contributed by atoms with Gasteiger partial charge in [-0.1, -0.05) is 11.6 Å². The molecule has 0 aliphatic carbocycles. The van der Waals surface area contributed by atoms with Crippen LogP contribution in [0.2, 0.25) is 5.02 Å². The van der Waals surface area contributed by atoms with Gasteiger partial charge in [-0.2, -0.15) is 0 Å². The fourth-order valence-corrected chi connectivity index (χ4v) is 1.59. The zero-order chi connectivity index (χ0) is 12.3. The molecule has 0 aliphatic rings. The molecule has 0 saturated heterocycles. The SMILES string of the molecule is CCOC(=O)c1ccc(Cl)cc1-n1cnnc1. The molecule has 17 heavy (non-hydrogen) atoms. The lowest BCUT2D eigenvalue weighted by molar-refractivity contribution is 0.0526. The smallest absolute Gasteiger partial charge is 0.340 e. The van der Waals surface area contributed by atoms with Crippen molar-refractivity contribution in [2.24, 2.45) is 0 Å². The van der Waals surface area contributed by atoms with E-state index >= 15 is 0 Å². The first kappa shape index (κ1) is 11.6. The molecule has 88 valence electrons. The van der Waals surface area contributed by atoms with Gasteiger partial charge in [0.2, 0.25) is 0 Å². The standard InChI is InChI=1S/C11H10ClN3O2/c1-2-17-11(16)9-4-3-8(12)5-10(9)15-6-13-14-7-15/h3-7H,2H2,1H3. The predicted molar refractivity (Wildman–Crippen MR) is 62.3 cm³/mol. The molecular formula is C11H10ClN3O2. The van der Waals surface area contributed by atoms with E-state index in [9.17, 15) is 4.79 Å². The highest BCUT2D eigenvalue weighted by Gasteiger charge is 2.14. The molecule has 2 aromatic rings. The van der Waals surface area contributed by atoms with E-state index in [2.05, 4.69) is 10.2 Å². The maximum absolute atomic E-state index is 11.8. The van der Waals surface area contributed by atoms with Crippen molar-refractivity contribution in [1.29, 1.82) is 0 Å². The first-order valence-electron chi connectivity index (χ1n) is 5.04. The summed E-state index contributed by atoms with van der Waals surface area (Å²) < 4.78 is 6.58. The predicted octanol–water partition coefficient (Wildman–Crippen LogP) is 2.10. The zero-order valence-corrected chi connectivity index (χ0v) is 9.89. The maximum atomic E-state index is 11.8. The Bertz CT molecular complexity index is 526. The third-order valence-corrected chi connectivity index (χ3v) is 2.39. The first-order valence-corrected chi connectivity index (χ1v) is 5.42. The molecule has 0 bridgehead atoms. The molecule has 0 saturated carbocycles. The number of nitrogens with zero attached hydrogens (tertiary/aromatic N) is 3. The fourth-order valence-electron chi connectivity index (χ4n) is 1.42. The minimum absolute atomic E-state index is 0.322. The number of benzene rings is 1. The molecule has 1 aromatic carbocycles. The highest BCUT2D eigenvalue weighted by Crippen LogP contribution is 2.20. The van der Waals surface area contributed by atoms with E-state index in [4.69, 9.17) is 16.3 Å². The van der Waals surface area contributed by atoms with Crippen LogP contribution in [-0.4, -0.2) is 27.3 Å². The second-order valence-electron chi connectivity index (χ2n) is 3.25. The normalized spacial score (nSPS) is 10.2. The van der Waals surface area contributed by atoms with Gasteiger partial charge < -0.3 is 4.74 Å². The van der Waals surface area contributed by atoms with Crippen LogP contribution in [0, 0.1) is 0 Å². The van der Waals surface area contributed by atoms with E-state index < -0.39 is 5.97 Å². The van der Waals surface area contributed by atoms with Crippen molar-refractivity contribution in [3.05, 3.63) is 41.4 Å². The van der Waals surface area contributed by atoms with Crippen LogP contribution < -0.4 is 0 Å². The molecule has 1 heterocycles. The van der Waals surface area contributed by atoms with Crippen molar-refractivity contribution in [2.75, 3.05) is 6.61 Å². The van der Waals surface area contributed by atoms with Gasteiger partial charge in [0.15, 0.2) is 0 Å². The molecule has 0 aliphatic heterocycles. The topological polar surface area (TPSA) is 57.0 Å². The second-order valence-corrected chi connectivity index (χ2v) is 3.69. The van der Waals surface area contributed by atoms with Crippen LogP contribution in [0.1, 0.15) is 17.3 Å². The Labute approximate surface area is 103 Å². The Morgan fingerprint density at radius 1 is 1.41 bits per heavy atom. The summed E-state index contributed by atoms with van der Waals surface area (Å²) in [4.78, 5) is 11.8. The number of halogens is 1. The van der Waals surface area contributed by atoms with Gasteiger partial charge in [0, 0.05) is 5.02 Å². The van der Waals surface area contributed by atoms with Crippen LogP contribution >= 0.6 is 11.6 Å². The number of esters is 1. The minimum atomic E-state index is -0.395. The van der Waals surface area contributed by atoms with Crippen molar-refractivity contribution in [3.63, 3.8) is 0 Å². The number of carbonyl (C=O) groups is 1. The largest absolute Gasteiger partial charge is 0.462 e. The molecule has 0 atom stereocenters. The van der Waals surface area contributed by atoms with E-state index in [0.29, 0.717) is 22.9 Å². The Morgan fingerprint density at radius 2 is 2.12 bits per heavy atom. The van der Waals surface area contributed by atoms with Gasteiger partial charge in [-0.3, -0.25) is 4.57 Å². The third kappa shape index (κ3) is 2.45. The van der Waals surface area contributed by atoms with Gasteiger partial charge in [0.05, 0.1) is 17.9 Å². The van der Waals surface area contributed by atoms with E-state index in [1.54, 1.807) is 29.7 Å². The summed E-state index contributed by atoms with van der Waals surface area (Å²) in [7, 11) is 0. The quantitative estimate of drug-likeness (QED) is 0.784. The Hall–Kier alpha value is -1.88. The van der Waals surface area contributed by atoms with Gasteiger partial charge in [-0.15, -0.1) is 10.2 Å². The molecular weight excluding hydrogens is 242 g/mol. The summed E-state index contributed by atoms with van der Waals surface area (Å²) in [6, 6.07) is 4.93. The molecule has 0 fully saturated rings. The summed E-state index contributed by atoms with van der Waals surface area (Å²) in [5.41, 5.74) is 1.03.